The van der Waals surface area contributed by atoms with E-state index in [1.807, 2.05) is 35.0 Å². The molecule has 22 heavy (non-hydrogen) atoms. The van der Waals surface area contributed by atoms with Gasteiger partial charge in [-0.2, -0.15) is 4.68 Å². The minimum absolute atomic E-state index is 0. The van der Waals surface area contributed by atoms with Crippen molar-refractivity contribution < 1.29 is 0 Å². The number of para-hydroxylation sites is 1. The first-order valence-electron chi connectivity index (χ1n) is 7.45. The van der Waals surface area contributed by atoms with E-state index < -0.39 is 0 Å². The second kappa shape index (κ2) is 7.17. The van der Waals surface area contributed by atoms with Crippen molar-refractivity contribution in [1.82, 2.24) is 25.1 Å². The van der Waals surface area contributed by atoms with Gasteiger partial charge < -0.3 is 10.6 Å². The maximum atomic E-state index is 5.86. The third-order valence-corrected chi connectivity index (χ3v) is 4.32. The molecule has 6 nitrogen and oxygen atoms in total. The van der Waals surface area contributed by atoms with Crippen LogP contribution in [0.1, 0.15) is 19.2 Å². The van der Waals surface area contributed by atoms with Gasteiger partial charge in [0.25, 0.3) is 0 Å². The average Bonchev–Trinajstić information content (AvgIpc) is 3.13. The molecular weight excluding hydrogens is 300 g/mol. The lowest BCUT2D eigenvalue weighted by molar-refractivity contribution is 0.281. The number of benzene rings is 1. The van der Waals surface area contributed by atoms with Crippen LogP contribution in [0.5, 0.6) is 0 Å². The lowest BCUT2D eigenvalue weighted by Gasteiger charge is -2.22. The summed E-state index contributed by atoms with van der Waals surface area (Å²) in [4.78, 5) is 2.46. The van der Waals surface area contributed by atoms with E-state index in [1.165, 1.54) is 6.42 Å². The lowest BCUT2D eigenvalue weighted by atomic mass is 9.90. The molecule has 1 aliphatic heterocycles. The topological polar surface area (TPSA) is 72.9 Å². The van der Waals surface area contributed by atoms with Crippen molar-refractivity contribution in [2.75, 3.05) is 26.2 Å². The quantitative estimate of drug-likeness (QED) is 0.898. The van der Waals surface area contributed by atoms with Crippen LogP contribution >= 0.6 is 12.4 Å². The Labute approximate surface area is 137 Å². The molecule has 1 fully saturated rings. The van der Waals surface area contributed by atoms with E-state index in [-0.39, 0.29) is 17.8 Å². The van der Waals surface area contributed by atoms with E-state index in [2.05, 4.69) is 27.3 Å². The zero-order valence-corrected chi connectivity index (χ0v) is 13.7. The summed E-state index contributed by atoms with van der Waals surface area (Å²) < 4.78 is 1.82. The molecular formula is C15H23ClN6. The number of nitrogens with two attached hydrogens (primary N) is 1. The summed E-state index contributed by atoms with van der Waals surface area (Å²) in [5.41, 5.74) is 7.13. The number of halogens is 1. The zero-order valence-electron chi connectivity index (χ0n) is 12.9. The van der Waals surface area contributed by atoms with Crippen LogP contribution in [0.25, 0.3) is 5.69 Å². The number of likely N-dealkylation sites (tertiary alicyclic amines) is 1. The van der Waals surface area contributed by atoms with Crippen LogP contribution in [0.4, 0.5) is 0 Å². The minimum atomic E-state index is 0. The molecule has 2 aromatic rings. The Balaban J connectivity index is 0.00000176. The predicted octanol–water partition coefficient (Wildman–Crippen LogP) is 1.30. The predicted molar refractivity (Wildman–Crippen MR) is 88.3 cm³/mol. The molecule has 1 aliphatic rings. The summed E-state index contributed by atoms with van der Waals surface area (Å²) in [6.45, 7) is 6.17. The van der Waals surface area contributed by atoms with E-state index in [0.29, 0.717) is 0 Å². The van der Waals surface area contributed by atoms with Gasteiger partial charge in [0.1, 0.15) is 0 Å². The van der Waals surface area contributed by atoms with Crippen LogP contribution in [0.3, 0.4) is 0 Å². The smallest absolute Gasteiger partial charge is 0.157 e. The van der Waals surface area contributed by atoms with Crippen LogP contribution in [0, 0.1) is 5.41 Å². The van der Waals surface area contributed by atoms with Gasteiger partial charge in [-0.15, -0.1) is 17.5 Å². The van der Waals surface area contributed by atoms with Gasteiger partial charge in [-0.25, -0.2) is 0 Å². The van der Waals surface area contributed by atoms with Crippen molar-refractivity contribution in [1.29, 1.82) is 0 Å². The van der Waals surface area contributed by atoms with Gasteiger partial charge >= 0.3 is 0 Å². The Morgan fingerprint density at radius 1 is 1.27 bits per heavy atom. The first kappa shape index (κ1) is 16.9. The van der Waals surface area contributed by atoms with Gasteiger partial charge in [-0.05, 0) is 47.5 Å². The highest BCUT2D eigenvalue weighted by atomic mass is 35.5. The van der Waals surface area contributed by atoms with Crippen molar-refractivity contribution in [2.24, 2.45) is 11.1 Å². The minimum Gasteiger partial charge on any atom is -0.330 e. The van der Waals surface area contributed by atoms with Crippen LogP contribution < -0.4 is 5.73 Å². The number of tetrazole rings is 1. The first-order valence-corrected chi connectivity index (χ1v) is 7.45. The lowest BCUT2D eigenvalue weighted by Crippen LogP contribution is -2.32. The van der Waals surface area contributed by atoms with E-state index in [9.17, 15) is 0 Å². The van der Waals surface area contributed by atoms with Crippen LogP contribution in [0.2, 0.25) is 0 Å². The number of hydrogen-bond donors (Lipinski definition) is 1. The third-order valence-electron chi connectivity index (χ3n) is 4.32. The molecule has 1 saturated heterocycles. The average molecular weight is 323 g/mol. The first-order chi connectivity index (χ1) is 10.2. The highest BCUT2D eigenvalue weighted by Crippen LogP contribution is 2.28. The summed E-state index contributed by atoms with van der Waals surface area (Å²) >= 11 is 0. The number of aromatic nitrogens is 4. The summed E-state index contributed by atoms with van der Waals surface area (Å²) in [5, 5.41) is 12.1. The standard InChI is InChI=1S/C15H22N6.ClH/c1-15(11-16)8-10-20(12-15)9-7-14-17-18-19-21(14)13-5-3-2-4-6-13;/h2-6H,7-12,16H2,1H3;1H. The Morgan fingerprint density at radius 2 is 2.05 bits per heavy atom. The van der Waals surface area contributed by atoms with Crippen LogP contribution in [-0.4, -0.2) is 51.3 Å². The van der Waals surface area contributed by atoms with E-state index in [1.54, 1.807) is 0 Å². The highest BCUT2D eigenvalue weighted by molar-refractivity contribution is 5.85. The van der Waals surface area contributed by atoms with E-state index >= 15 is 0 Å². The molecule has 0 bridgehead atoms. The molecule has 2 N–H and O–H groups in total. The van der Waals surface area contributed by atoms with Gasteiger partial charge in [0.2, 0.25) is 0 Å². The molecule has 1 aromatic heterocycles. The molecule has 1 unspecified atom stereocenters. The second-order valence-corrected chi connectivity index (χ2v) is 6.13. The maximum Gasteiger partial charge on any atom is 0.157 e. The molecule has 1 aromatic carbocycles. The Morgan fingerprint density at radius 3 is 2.73 bits per heavy atom. The molecule has 0 amide bonds. The molecule has 3 rings (SSSR count). The van der Waals surface area contributed by atoms with Crippen molar-refractivity contribution in [3.63, 3.8) is 0 Å². The molecule has 0 radical (unpaired) electrons. The second-order valence-electron chi connectivity index (χ2n) is 6.13. The molecule has 1 atom stereocenters. The highest BCUT2D eigenvalue weighted by Gasteiger charge is 2.32. The molecule has 0 spiro atoms. The summed E-state index contributed by atoms with van der Waals surface area (Å²) in [6, 6.07) is 10.0. The number of nitrogens with zero attached hydrogens (tertiary/aromatic N) is 5. The Bertz CT molecular complexity index is 587. The Hall–Kier alpha value is -1.50. The van der Waals surface area contributed by atoms with Gasteiger partial charge in [-0.1, -0.05) is 25.1 Å². The normalized spacial score (nSPS) is 21.7. The third kappa shape index (κ3) is 3.63. The summed E-state index contributed by atoms with van der Waals surface area (Å²) in [5.74, 6) is 0.905. The monoisotopic (exact) mass is 322 g/mol. The Kier molecular flexibility index (Phi) is 5.50. The fraction of sp³-hybridized carbons (Fsp3) is 0.533. The summed E-state index contributed by atoms with van der Waals surface area (Å²) in [6.07, 6.45) is 2.02. The van der Waals surface area contributed by atoms with Crippen molar-refractivity contribution in [3.05, 3.63) is 36.2 Å². The summed E-state index contributed by atoms with van der Waals surface area (Å²) in [7, 11) is 0. The van der Waals surface area contributed by atoms with E-state index in [0.717, 1.165) is 44.1 Å². The molecule has 0 aliphatic carbocycles. The number of rotatable bonds is 5. The van der Waals surface area contributed by atoms with E-state index in [4.69, 9.17) is 5.73 Å². The molecule has 0 saturated carbocycles. The molecule has 2 heterocycles. The van der Waals surface area contributed by atoms with Gasteiger partial charge in [0.05, 0.1) is 5.69 Å². The largest absolute Gasteiger partial charge is 0.330 e. The molecule has 120 valence electrons. The number of hydrogen-bond acceptors (Lipinski definition) is 5. The fourth-order valence-corrected chi connectivity index (χ4v) is 2.87. The maximum absolute atomic E-state index is 5.86. The fourth-order valence-electron chi connectivity index (χ4n) is 2.87. The zero-order chi connectivity index (χ0) is 14.7. The van der Waals surface area contributed by atoms with Gasteiger partial charge in [0, 0.05) is 19.5 Å². The van der Waals surface area contributed by atoms with Crippen LogP contribution in [-0.2, 0) is 6.42 Å². The van der Waals surface area contributed by atoms with Crippen molar-refractivity contribution in [3.8, 4) is 5.69 Å². The van der Waals surface area contributed by atoms with Gasteiger partial charge in [0.15, 0.2) is 5.82 Å². The van der Waals surface area contributed by atoms with Gasteiger partial charge in [-0.3, -0.25) is 0 Å². The van der Waals surface area contributed by atoms with Crippen LogP contribution in [0.15, 0.2) is 30.3 Å². The van der Waals surface area contributed by atoms with Crippen molar-refractivity contribution >= 4 is 12.4 Å². The molecule has 7 heteroatoms. The van der Waals surface area contributed by atoms with Crippen molar-refractivity contribution in [2.45, 2.75) is 19.8 Å². The SMILES string of the molecule is CC1(CN)CCN(CCc2nnnn2-c2ccccc2)C1.Cl.